The molecule has 18 heavy (non-hydrogen) atoms. The number of hydrogen-bond donors (Lipinski definition) is 1. The first kappa shape index (κ1) is 12.6. The highest BCUT2D eigenvalue weighted by Crippen LogP contribution is 2.17. The molecule has 1 aromatic heterocycles. The van der Waals surface area contributed by atoms with Crippen molar-refractivity contribution >= 4 is 23.0 Å². The predicted octanol–water partition coefficient (Wildman–Crippen LogP) is 2.41. The predicted molar refractivity (Wildman–Crippen MR) is 72.0 cm³/mol. The number of nitrogens with zero attached hydrogens (tertiary/aromatic N) is 2. The van der Waals surface area contributed by atoms with E-state index in [1.54, 1.807) is 0 Å². The van der Waals surface area contributed by atoms with E-state index in [0.29, 0.717) is 12.2 Å². The molecular formula is C13H14N2O2S. The zero-order valence-corrected chi connectivity index (χ0v) is 10.9. The number of carbonyl (C=O) groups is 1. The molecule has 0 saturated carbocycles. The fourth-order valence-electron chi connectivity index (χ4n) is 1.63. The van der Waals surface area contributed by atoms with Gasteiger partial charge in [-0.1, -0.05) is 18.2 Å². The summed E-state index contributed by atoms with van der Waals surface area (Å²) in [5.41, 5.74) is 1.75. The first-order valence-corrected chi connectivity index (χ1v) is 6.44. The highest BCUT2D eigenvalue weighted by atomic mass is 32.1. The van der Waals surface area contributed by atoms with Crippen LogP contribution in [-0.4, -0.2) is 23.1 Å². The highest BCUT2D eigenvalue weighted by Gasteiger charge is 2.08. The maximum Gasteiger partial charge on any atom is 0.309 e. The van der Waals surface area contributed by atoms with Crippen LogP contribution in [0, 0.1) is 0 Å². The van der Waals surface area contributed by atoms with Crippen LogP contribution in [-0.2, 0) is 17.8 Å². The quantitative estimate of drug-likeness (QED) is 0.899. The molecule has 2 aromatic rings. The largest absolute Gasteiger partial charge is 0.481 e. The second kappa shape index (κ2) is 5.64. The average molecular weight is 262 g/mol. The third-order valence-electron chi connectivity index (χ3n) is 2.50. The van der Waals surface area contributed by atoms with Crippen molar-refractivity contribution in [3.05, 3.63) is 46.4 Å². The Balaban J connectivity index is 2.01. The number of thiazole rings is 1. The third kappa shape index (κ3) is 3.30. The summed E-state index contributed by atoms with van der Waals surface area (Å²) in [5, 5.41) is 11.4. The number of carboxylic acid groups (broad SMARTS) is 1. The summed E-state index contributed by atoms with van der Waals surface area (Å²) in [5.74, 6) is -0.844. The Kier molecular flexibility index (Phi) is 3.94. The molecule has 0 unspecified atom stereocenters. The van der Waals surface area contributed by atoms with Gasteiger partial charge in [-0.15, -0.1) is 11.3 Å². The number of benzene rings is 1. The molecule has 4 nitrogen and oxygen atoms in total. The molecule has 0 atom stereocenters. The van der Waals surface area contributed by atoms with Crippen molar-refractivity contribution in [1.82, 2.24) is 4.98 Å². The molecule has 0 saturated heterocycles. The van der Waals surface area contributed by atoms with Crippen LogP contribution in [0.25, 0.3) is 0 Å². The Hall–Kier alpha value is -1.88. The zero-order valence-electron chi connectivity index (χ0n) is 10.0. The van der Waals surface area contributed by atoms with Crippen molar-refractivity contribution < 1.29 is 9.90 Å². The monoisotopic (exact) mass is 262 g/mol. The summed E-state index contributed by atoms with van der Waals surface area (Å²) in [6.45, 7) is 0.689. The fraction of sp³-hybridized carbons (Fsp3) is 0.231. The van der Waals surface area contributed by atoms with Gasteiger partial charge < -0.3 is 10.0 Å². The lowest BCUT2D eigenvalue weighted by atomic mass is 10.3. The molecule has 0 amide bonds. The van der Waals surface area contributed by atoms with E-state index in [4.69, 9.17) is 5.11 Å². The number of hydrogen-bond acceptors (Lipinski definition) is 4. The van der Waals surface area contributed by atoms with Crippen molar-refractivity contribution in [2.75, 3.05) is 11.9 Å². The molecule has 0 spiro atoms. The molecule has 5 heteroatoms. The van der Waals surface area contributed by atoms with Crippen LogP contribution in [0.15, 0.2) is 35.7 Å². The number of anilines is 1. The van der Waals surface area contributed by atoms with Gasteiger partial charge in [0.2, 0.25) is 0 Å². The highest BCUT2D eigenvalue weighted by molar-refractivity contribution is 7.09. The van der Waals surface area contributed by atoms with Gasteiger partial charge in [0, 0.05) is 18.1 Å². The lowest BCUT2D eigenvalue weighted by molar-refractivity contribution is -0.136. The Morgan fingerprint density at radius 3 is 2.78 bits per heavy atom. The number of carboxylic acids is 1. The van der Waals surface area contributed by atoms with Crippen molar-refractivity contribution in [3.8, 4) is 0 Å². The van der Waals surface area contributed by atoms with Gasteiger partial charge in [-0.2, -0.15) is 0 Å². The second-order valence-corrected chi connectivity index (χ2v) is 4.94. The van der Waals surface area contributed by atoms with Crippen LogP contribution in [0.1, 0.15) is 10.7 Å². The standard InChI is InChI=1S/C13H14N2O2S/c1-15(11-5-3-2-4-6-11)8-12-14-10(9-18-12)7-13(16)17/h2-6,9H,7-8H2,1H3,(H,16,17). The van der Waals surface area contributed by atoms with Gasteiger partial charge in [0.05, 0.1) is 18.7 Å². The fourth-order valence-corrected chi connectivity index (χ4v) is 2.48. The van der Waals surface area contributed by atoms with Gasteiger partial charge in [-0.25, -0.2) is 4.98 Å². The molecule has 1 heterocycles. The molecule has 0 bridgehead atoms. The van der Waals surface area contributed by atoms with Gasteiger partial charge in [-0.05, 0) is 12.1 Å². The lowest BCUT2D eigenvalue weighted by Crippen LogP contribution is -2.16. The van der Waals surface area contributed by atoms with Crippen LogP contribution in [0.3, 0.4) is 0 Å². The maximum absolute atomic E-state index is 10.6. The van der Waals surface area contributed by atoms with Gasteiger partial charge in [0.15, 0.2) is 0 Å². The molecule has 0 aliphatic heterocycles. The minimum Gasteiger partial charge on any atom is -0.481 e. The van der Waals surface area contributed by atoms with E-state index in [-0.39, 0.29) is 6.42 Å². The van der Waals surface area contributed by atoms with E-state index in [2.05, 4.69) is 9.88 Å². The Labute approximate surface area is 110 Å². The molecule has 0 fully saturated rings. The smallest absolute Gasteiger partial charge is 0.309 e. The normalized spacial score (nSPS) is 10.3. The van der Waals surface area contributed by atoms with Crippen LogP contribution in [0.4, 0.5) is 5.69 Å². The van der Waals surface area contributed by atoms with Crippen molar-refractivity contribution in [3.63, 3.8) is 0 Å². The minimum absolute atomic E-state index is 0.00838. The van der Waals surface area contributed by atoms with Crippen LogP contribution in [0.2, 0.25) is 0 Å². The summed E-state index contributed by atoms with van der Waals surface area (Å²) in [4.78, 5) is 17.0. The topological polar surface area (TPSA) is 53.4 Å². The second-order valence-electron chi connectivity index (χ2n) is 3.99. The first-order chi connectivity index (χ1) is 8.65. The SMILES string of the molecule is CN(Cc1nc(CC(=O)O)cs1)c1ccccc1. The average Bonchev–Trinajstić information content (AvgIpc) is 2.76. The summed E-state index contributed by atoms with van der Waals surface area (Å²) in [6.07, 6.45) is -0.00838. The van der Waals surface area contributed by atoms with E-state index in [1.165, 1.54) is 11.3 Å². The van der Waals surface area contributed by atoms with Gasteiger partial charge in [-0.3, -0.25) is 4.79 Å². The molecular weight excluding hydrogens is 248 g/mol. The van der Waals surface area contributed by atoms with Gasteiger partial charge >= 0.3 is 5.97 Å². The first-order valence-electron chi connectivity index (χ1n) is 5.56. The molecule has 2 rings (SSSR count). The third-order valence-corrected chi connectivity index (χ3v) is 3.38. The zero-order chi connectivity index (χ0) is 13.0. The summed E-state index contributed by atoms with van der Waals surface area (Å²) < 4.78 is 0. The van der Waals surface area contributed by atoms with Gasteiger partial charge in [0.25, 0.3) is 0 Å². The summed E-state index contributed by atoms with van der Waals surface area (Å²) in [6, 6.07) is 10.0. The summed E-state index contributed by atoms with van der Waals surface area (Å²) in [7, 11) is 1.99. The van der Waals surface area contributed by atoms with Crippen molar-refractivity contribution in [1.29, 1.82) is 0 Å². The number of aromatic nitrogens is 1. The number of aliphatic carboxylic acids is 1. The molecule has 94 valence electrons. The van der Waals surface area contributed by atoms with E-state index < -0.39 is 5.97 Å². The Bertz CT molecular complexity index is 525. The number of rotatable bonds is 5. The van der Waals surface area contributed by atoms with Gasteiger partial charge in [0.1, 0.15) is 5.01 Å². The Morgan fingerprint density at radius 2 is 2.11 bits per heavy atom. The van der Waals surface area contributed by atoms with Crippen LogP contribution < -0.4 is 4.90 Å². The minimum atomic E-state index is -0.844. The maximum atomic E-state index is 10.6. The van der Waals surface area contributed by atoms with E-state index in [0.717, 1.165) is 10.7 Å². The lowest BCUT2D eigenvalue weighted by Gasteiger charge is -2.17. The van der Waals surface area contributed by atoms with Crippen molar-refractivity contribution in [2.45, 2.75) is 13.0 Å². The molecule has 1 aromatic carbocycles. The van der Waals surface area contributed by atoms with E-state index in [9.17, 15) is 4.79 Å². The molecule has 1 N–H and O–H groups in total. The van der Waals surface area contributed by atoms with Crippen LogP contribution >= 0.6 is 11.3 Å². The number of para-hydroxylation sites is 1. The van der Waals surface area contributed by atoms with E-state index in [1.807, 2.05) is 42.8 Å². The Morgan fingerprint density at radius 1 is 1.39 bits per heavy atom. The summed E-state index contributed by atoms with van der Waals surface area (Å²) >= 11 is 1.50. The molecule has 0 aliphatic carbocycles. The molecule has 0 radical (unpaired) electrons. The van der Waals surface area contributed by atoms with E-state index >= 15 is 0 Å². The van der Waals surface area contributed by atoms with Crippen molar-refractivity contribution in [2.24, 2.45) is 0 Å². The van der Waals surface area contributed by atoms with Crippen LogP contribution in [0.5, 0.6) is 0 Å². The molecule has 0 aliphatic rings.